The summed E-state index contributed by atoms with van der Waals surface area (Å²) in [5.41, 5.74) is 0. The first-order valence-electron chi connectivity index (χ1n) is 6.07. The highest BCUT2D eigenvalue weighted by molar-refractivity contribution is 9.10. The normalized spacial score (nSPS) is 17.9. The molecule has 0 bridgehead atoms. The van der Waals surface area contributed by atoms with Crippen LogP contribution in [0.15, 0.2) is 27.6 Å². The van der Waals surface area contributed by atoms with Gasteiger partial charge in [0.05, 0.1) is 5.02 Å². The molecule has 1 N–H and O–H groups in total. The lowest BCUT2D eigenvalue weighted by atomic mass is 10.1. The Bertz CT molecular complexity index is 559. The van der Waals surface area contributed by atoms with Gasteiger partial charge in [0.1, 0.15) is 4.90 Å². The standard InChI is InChI=1S/C12H16BrClN2O2S/c1-16(9-5-7-15-8-6-9)19(17,18)11-4-2-3-10(13)12(11)14/h2-4,9,15H,5-8H2,1H3. The maximum absolute atomic E-state index is 12.6. The fraction of sp³-hybridized carbons (Fsp3) is 0.500. The largest absolute Gasteiger partial charge is 0.317 e. The molecular formula is C12H16BrClN2O2S. The topological polar surface area (TPSA) is 49.4 Å². The Balaban J connectivity index is 2.33. The van der Waals surface area contributed by atoms with Gasteiger partial charge >= 0.3 is 0 Å². The Labute approximate surface area is 127 Å². The van der Waals surface area contributed by atoms with Crippen LogP contribution >= 0.6 is 27.5 Å². The molecule has 1 fully saturated rings. The van der Waals surface area contributed by atoms with Crippen molar-refractivity contribution in [1.82, 2.24) is 9.62 Å². The predicted octanol–water partition coefficient (Wildman–Crippen LogP) is 2.47. The summed E-state index contributed by atoms with van der Waals surface area (Å²) in [5.74, 6) is 0. The molecule has 0 amide bonds. The fourth-order valence-electron chi connectivity index (χ4n) is 2.20. The van der Waals surface area contributed by atoms with Gasteiger partial charge in [0.15, 0.2) is 0 Å². The minimum absolute atomic E-state index is 0.0290. The Kier molecular flexibility index (Phi) is 4.89. The zero-order valence-corrected chi connectivity index (χ0v) is 13.7. The number of hydrogen-bond donors (Lipinski definition) is 1. The van der Waals surface area contributed by atoms with E-state index in [1.807, 2.05) is 0 Å². The van der Waals surface area contributed by atoms with Crippen molar-refractivity contribution in [2.75, 3.05) is 20.1 Å². The number of nitrogens with one attached hydrogen (secondary N) is 1. The second-order valence-electron chi connectivity index (χ2n) is 4.55. The van der Waals surface area contributed by atoms with E-state index in [2.05, 4.69) is 21.2 Å². The van der Waals surface area contributed by atoms with E-state index in [4.69, 9.17) is 11.6 Å². The van der Waals surface area contributed by atoms with E-state index < -0.39 is 10.0 Å². The molecule has 1 aromatic carbocycles. The third-order valence-electron chi connectivity index (χ3n) is 3.40. The second-order valence-corrected chi connectivity index (χ2v) is 7.75. The molecule has 0 saturated carbocycles. The maximum Gasteiger partial charge on any atom is 0.244 e. The summed E-state index contributed by atoms with van der Waals surface area (Å²) < 4.78 is 27.2. The van der Waals surface area contributed by atoms with Crippen LogP contribution in [0.3, 0.4) is 0 Å². The van der Waals surface area contributed by atoms with Gasteiger partial charge in [-0.1, -0.05) is 17.7 Å². The van der Waals surface area contributed by atoms with Crippen LogP contribution in [0.4, 0.5) is 0 Å². The van der Waals surface area contributed by atoms with Crippen molar-refractivity contribution in [2.24, 2.45) is 0 Å². The molecule has 1 heterocycles. The lowest BCUT2D eigenvalue weighted by Crippen LogP contribution is -2.43. The average Bonchev–Trinajstić information content (AvgIpc) is 2.41. The van der Waals surface area contributed by atoms with Crippen molar-refractivity contribution in [3.63, 3.8) is 0 Å². The minimum Gasteiger partial charge on any atom is -0.317 e. The van der Waals surface area contributed by atoms with E-state index in [0.29, 0.717) is 4.47 Å². The number of nitrogens with zero attached hydrogens (tertiary/aromatic N) is 1. The highest BCUT2D eigenvalue weighted by Gasteiger charge is 2.30. The van der Waals surface area contributed by atoms with Gasteiger partial charge in [0.2, 0.25) is 10.0 Å². The van der Waals surface area contributed by atoms with E-state index in [9.17, 15) is 8.42 Å². The predicted molar refractivity (Wildman–Crippen MR) is 80.0 cm³/mol. The summed E-state index contributed by atoms with van der Waals surface area (Å²) >= 11 is 9.35. The third kappa shape index (κ3) is 3.13. The number of benzene rings is 1. The first kappa shape index (κ1) is 15.3. The molecule has 4 nitrogen and oxygen atoms in total. The number of sulfonamides is 1. The van der Waals surface area contributed by atoms with Gasteiger partial charge in [0.25, 0.3) is 0 Å². The van der Waals surface area contributed by atoms with Crippen molar-refractivity contribution < 1.29 is 8.42 Å². The van der Waals surface area contributed by atoms with Gasteiger partial charge in [0, 0.05) is 17.6 Å². The Morgan fingerprint density at radius 3 is 2.63 bits per heavy atom. The van der Waals surface area contributed by atoms with Gasteiger partial charge in [-0.3, -0.25) is 0 Å². The van der Waals surface area contributed by atoms with Crippen molar-refractivity contribution in [2.45, 2.75) is 23.8 Å². The molecule has 0 radical (unpaired) electrons. The SMILES string of the molecule is CN(C1CCNCC1)S(=O)(=O)c1cccc(Br)c1Cl. The molecule has 2 rings (SSSR count). The Hall–Kier alpha value is -0.140. The summed E-state index contributed by atoms with van der Waals surface area (Å²) in [4.78, 5) is 0.157. The zero-order chi connectivity index (χ0) is 14.0. The number of hydrogen-bond acceptors (Lipinski definition) is 3. The van der Waals surface area contributed by atoms with Crippen LogP contribution in [0.2, 0.25) is 5.02 Å². The average molecular weight is 368 g/mol. The van der Waals surface area contributed by atoms with Crippen LogP contribution in [0, 0.1) is 0 Å². The zero-order valence-electron chi connectivity index (χ0n) is 10.6. The van der Waals surface area contributed by atoms with Crippen molar-refractivity contribution in [1.29, 1.82) is 0 Å². The van der Waals surface area contributed by atoms with E-state index in [1.54, 1.807) is 25.2 Å². The van der Waals surface area contributed by atoms with Crippen LogP contribution in [0.25, 0.3) is 0 Å². The van der Waals surface area contributed by atoms with Gasteiger partial charge in [-0.05, 0) is 54.0 Å². The molecule has 0 spiro atoms. The lowest BCUT2D eigenvalue weighted by Gasteiger charge is -2.31. The third-order valence-corrected chi connectivity index (χ3v) is 6.76. The monoisotopic (exact) mass is 366 g/mol. The molecular weight excluding hydrogens is 352 g/mol. The number of piperidine rings is 1. The Morgan fingerprint density at radius 1 is 1.37 bits per heavy atom. The van der Waals surface area contributed by atoms with Crippen LogP contribution in [-0.2, 0) is 10.0 Å². The minimum atomic E-state index is -3.55. The highest BCUT2D eigenvalue weighted by Crippen LogP contribution is 2.32. The van der Waals surface area contributed by atoms with Crippen molar-refractivity contribution in [3.05, 3.63) is 27.7 Å². The number of rotatable bonds is 3. The van der Waals surface area contributed by atoms with Crippen LogP contribution in [0.5, 0.6) is 0 Å². The van der Waals surface area contributed by atoms with Gasteiger partial charge < -0.3 is 5.32 Å². The van der Waals surface area contributed by atoms with Crippen molar-refractivity contribution in [3.8, 4) is 0 Å². The van der Waals surface area contributed by atoms with E-state index in [1.165, 1.54) is 4.31 Å². The molecule has 0 aromatic heterocycles. The van der Waals surface area contributed by atoms with Crippen molar-refractivity contribution >= 4 is 37.6 Å². The summed E-state index contributed by atoms with van der Waals surface area (Å²) in [6.45, 7) is 1.69. The highest BCUT2D eigenvalue weighted by atomic mass is 79.9. The molecule has 19 heavy (non-hydrogen) atoms. The lowest BCUT2D eigenvalue weighted by molar-refractivity contribution is 0.296. The number of halogens is 2. The summed E-state index contributed by atoms with van der Waals surface area (Å²) in [5, 5.41) is 3.47. The fourth-order valence-corrected chi connectivity index (χ4v) is 4.62. The molecule has 1 saturated heterocycles. The molecule has 1 aliphatic rings. The van der Waals surface area contributed by atoms with Crippen LogP contribution < -0.4 is 5.32 Å². The molecule has 1 aromatic rings. The first-order valence-corrected chi connectivity index (χ1v) is 8.68. The first-order chi connectivity index (χ1) is 8.94. The maximum atomic E-state index is 12.6. The van der Waals surface area contributed by atoms with E-state index in [0.717, 1.165) is 25.9 Å². The van der Waals surface area contributed by atoms with Crippen LogP contribution in [-0.4, -0.2) is 38.9 Å². The van der Waals surface area contributed by atoms with Crippen LogP contribution in [0.1, 0.15) is 12.8 Å². The molecule has 1 aliphatic heterocycles. The molecule has 0 unspecified atom stereocenters. The van der Waals surface area contributed by atoms with Gasteiger partial charge in [-0.25, -0.2) is 8.42 Å². The molecule has 7 heteroatoms. The van der Waals surface area contributed by atoms with Gasteiger partial charge in [-0.2, -0.15) is 4.31 Å². The second kappa shape index (κ2) is 6.10. The smallest absolute Gasteiger partial charge is 0.244 e. The summed E-state index contributed by atoms with van der Waals surface area (Å²) in [7, 11) is -1.92. The van der Waals surface area contributed by atoms with E-state index >= 15 is 0 Å². The molecule has 106 valence electrons. The quantitative estimate of drug-likeness (QED) is 0.893. The van der Waals surface area contributed by atoms with E-state index in [-0.39, 0.29) is 16.0 Å². The Morgan fingerprint density at radius 2 is 2.00 bits per heavy atom. The molecule has 0 aliphatic carbocycles. The summed E-state index contributed by atoms with van der Waals surface area (Å²) in [6.07, 6.45) is 1.64. The van der Waals surface area contributed by atoms with Gasteiger partial charge in [-0.15, -0.1) is 0 Å². The summed E-state index contributed by atoms with van der Waals surface area (Å²) in [6, 6.07) is 4.98. The molecule has 0 atom stereocenters.